The van der Waals surface area contributed by atoms with Gasteiger partial charge >= 0.3 is 0 Å². The van der Waals surface area contributed by atoms with Crippen LogP contribution in [-0.4, -0.2) is 20.6 Å². The van der Waals surface area contributed by atoms with Crippen molar-refractivity contribution in [2.75, 3.05) is 0 Å². The Morgan fingerprint density at radius 2 is 2.18 bits per heavy atom. The van der Waals surface area contributed by atoms with Gasteiger partial charge in [-0.3, -0.25) is 4.79 Å². The van der Waals surface area contributed by atoms with Gasteiger partial charge in [-0.05, 0) is 12.5 Å². The molecule has 0 spiro atoms. The Hall–Kier alpha value is -2.89. The molecule has 0 unspecified atom stereocenters. The molecule has 2 heterocycles. The topological polar surface area (TPSA) is 73.0 Å². The van der Waals surface area contributed by atoms with Crippen LogP contribution in [0.5, 0.6) is 0 Å². The van der Waals surface area contributed by atoms with Gasteiger partial charge in [0.05, 0.1) is 18.6 Å². The van der Waals surface area contributed by atoms with E-state index in [2.05, 4.69) is 15.5 Å². The molecule has 1 N–H and O–H groups in total. The first kappa shape index (κ1) is 14.1. The van der Waals surface area contributed by atoms with Gasteiger partial charge in [0, 0.05) is 18.9 Å². The van der Waals surface area contributed by atoms with Gasteiger partial charge in [-0.15, -0.1) is 0 Å². The Kier molecular flexibility index (Phi) is 4.00. The van der Waals surface area contributed by atoms with Gasteiger partial charge in [0.2, 0.25) is 0 Å². The molecule has 1 atom stereocenters. The van der Waals surface area contributed by atoms with E-state index in [-0.39, 0.29) is 11.9 Å². The number of carbonyl (C=O) groups is 1. The van der Waals surface area contributed by atoms with Gasteiger partial charge in [-0.1, -0.05) is 35.5 Å². The molecule has 0 bridgehead atoms. The highest BCUT2D eigenvalue weighted by molar-refractivity contribution is 5.95. The average Bonchev–Trinajstić information content (AvgIpc) is 3.19. The third-order valence-electron chi connectivity index (χ3n) is 3.46. The molecule has 0 fully saturated rings. The van der Waals surface area contributed by atoms with Crippen molar-refractivity contribution in [2.45, 2.75) is 19.5 Å². The first-order chi connectivity index (χ1) is 10.7. The first-order valence-electron chi connectivity index (χ1n) is 6.97. The minimum Gasteiger partial charge on any atom is -0.361 e. The second-order valence-electron chi connectivity index (χ2n) is 4.99. The smallest absolute Gasteiger partial charge is 0.257 e. The number of nitrogens with zero attached hydrogens (tertiary/aromatic N) is 3. The highest BCUT2D eigenvalue weighted by Crippen LogP contribution is 2.16. The monoisotopic (exact) mass is 296 g/mol. The van der Waals surface area contributed by atoms with Crippen LogP contribution < -0.4 is 5.32 Å². The summed E-state index contributed by atoms with van der Waals surface area (Å²) in [6.45, 7) is 2.31. The van der Waals surface area contributed by atoms with Crippen LogP contribution in [0.1, 0.15) is 27.7 Å². The molecule has 3 rings (SSSR count). The molecule has 112 valence electrons. The molecule has 0 aliphatic heterocycles. The Bertz CT molecular complexity index is 735. The van der Waals surface area contributed by atoms with E-state index in [0.29, 0.717) is 17.9 Å². The number of amides is 1. The van der Waals surface area contributed by atoms with Gasteiger partial charge in [0.1, 0.15) is 11.3 Å². The van der Waals surface area contributed by atoms with E-state index in [1.165, 1.54) is 6.20 Å². The van der Waals surface area contributed by atoms with Gasteiger partial charge in [-0.25, -0.2) is 4.98 Å². The van der Waals surface area contributed by atoms with Crippen molar-refractivity contribution in [3.63, 3.8) is 0 Å². The highest BCUT2D eigenvalue weighted by Gasteiger charge is 2.19. The van der Waals surface area contributed by atoms with Crippen LogP contribution in [0.4, 0.5) is 0 Å². The molecule has 0 saturated carbocycles. The quantitative estimate of drug-likeness (QED) is 0.784. The summed E-state index contributed by atoms with van der Waals surface area (Å²) in [4.78, 5) is 16.4. The molecule has 2 aromatic heterocycles. The Morgan fingerprint density at radius 3 is 2.82 bits per heavy atom. The van der Waals surface area contributed by atoms with Crippen LogP contribution in [0, 0.1) is 6.92 Å². The van der Waals surface area contributed by atoms with E-state index in [1.807, 2.05) is 41.1 Å². The van der Waals surface area contributed by atoms with E-state index in [4.69, 9.17) is 4.52 Å². The molecule has 0 aliphatic rings. The van der Waals surface area contributed by atoms with Crippen LogP contribution in [0.3, 0.4) is 0 Å². The molecule has 1 aromatic carbocycles. The van der Waals surface area contributed by atoms with E-state index in [0.717, 1.165) is 5.56 Å². The molecular weight excluding hydrogens is 280 g/mol. The van der Waals surface area contributed by atoms with Crippen molar-refractivity contribution in [2.24, 2.45) is 0 Å². The largest absolute Gasteiger partial charge is 0.361 e. The predicted octanol–water partition coefficient (Wildman–Crippen LogP) is 2.35. The second kappa shape index (κ2) is 6.26. The predicted molar refractivity (Wildman–Crippen MR) is 80.1 cm³/mol. The van der Waals surface area contributed by atoms with Crippen molar-refractivity contribution < 1.29 is 9.32 Å². The summed E-state index contributed by atoms with van der Waals surface area (Å²) in [5.74, 6) is 0.305. The molecule has 3 aromatic rings. The molecule has 1 amide bonds. The lowest BCUT2D eigenvalue weighted by molar-refractivity contribution is 0.0931. The molecule has 0 aliphatic carbocycles. The summed E-state index contributed by atoms with van der Waals surface area (Å²) in [7, 11) is 0. The number of hydrogen-bond donors (Lipinski definition) is 1. The fourth-order valence-electron chi connectivity index (χ4n) is 2.28. The standard InChI is InChI=1S/C16H16N4O2/c1-12-14(9-18-22-12)16(21)19-15(10-20-8-7-17-11-20)13-5-3-2-4-6-13/h2-9,11,15H,10H2,1H3,(H,19,21)/t15-/m0/s1. The van der Waals surface area contributed by atoms with Crippen molar-refractivity contribution in [3.8, 4) is 0 Å². The Morgan fingerprint density at radius 1 is 1.36 bits per heavy atom. The zero-order valence-electron chi connectivity index (χ0n) is 12.1. The number of aromatic nitrogens is 3. The zero-order valence-corrected chi connectivity index (χ0v) is 12.1. The molecule has 0 radical (unpaired) electrons. The number of benzene rings is 1. The summed E-state index contributed by atoms with van der Waals surface area (Å²) in [5.41, 5.74) is 1.48. The molecule has 22 heavy (non-hydrogen) atoms. The summed E-state index contributed by atoms with van der Waals surface area (Å²) in [6.07, 6.45) is 6.75. The van der Waals surface area contributed by atoms with E-state index in [1.54, 1.807) is 19.4 Å². The Labute approximate surface area is 127 Å². The normalized spacial score (nSPS) is 12.0. The maximum atomic E-state index is 12.4. The third-order valence-corrected chi connectivity index (χ3v) is 3.46. The molecule has 6 heteroatoms. The Balaban J connectivity index is 1.82. The van der Waals surface area contributed by atoms with Gasteiger partial charge in [0.25, 0.3) is 5.91 Å². The number of nitrogens with one attached hydrogen (secondary N) is 1. The van der Waals surface area contributed by atoms with Crippen molar-refractivity contribution in [1.82, 2.24) is 20.0 Å². The van der Waals surface area contributed by atoms with Crippen molar-refractivity contribution >= 4 is 5.91 Å². The van der Waals surface area contributed by atoms with E-state index < -0.39 is 0 Å². The zero-order chi connectivity index (χ0) is 15.4. The second-order valence-corrected chi connectivity index (χ2v) is 4.99. The summed E-state index contributed by atoms with van der Waals surface area (Å²) >= 11 is 0. The molecule has 6 nitrogen and oxygen atoms in total. The summed E-state index contributed by atoms with van der Waals surface area (Å²) in [5, 5.41) is 6.67. The maximum absolute atomic E-state index is 12.4. The van der Waals surface area contributed by atoms with Crippen LogP contribution in [-0.2, 0) is 6.54 Å². The number of imidazole rings is 1. The fraction of sp³-hybridized carbons (Fsp3) is 0.188. The number of aryl methyl sites for hydroxylation is 1. The van der Waals surface area contributed by atoms with Gasteiger partial charge in [-0.2, -0.15) is 0 Å². The lowest BCUT2D eigenvalue weighted by Gasteiger charge is -2.19. The highest BCUT2D eigenvalue weighted by atomic mass is 16.5. The average molecular weight is 296 g/mol. The van der Waals surface area contributed by atoms with Gasteiger partial charge < -0.3 is 14.4 Å². The van der Waals surface area contributed by atoms with Crippen molar-refractivity contribution in [3.05, 3.63) is 72.1 Å². The van der Waals surface area contributed by atoms with Crippen molar-refractivity contribution in [1.29, 1.82) is 0 Å². The lowest BCUT2D eigenvalue weighted by Crippen LogP contribution is -2.31. The van der Waals surface area contributed by atoms with Gasteiger partial charge in [0.15, 0.2) is 0 Å². The summed E-state index contributed by atoms with van der Waals surface area (Å²) in [6, 6.07) is 9.66. The van der Waals surface area contributed by atoms with E-state index >= 15 is 0 Å². The fourth-order valence-corrected chi connectivity index (χ4v) is 2.28. The molecule has 0 saturated heterocycles. The number of hydrogen-bond acceptors (Lipinski definition) is 4. The number of carbonyl (C=O) groups excluding carboxylic acids is 1. The van der Waals surface area contributed by atoms with Crippen LogP contribution in [0.25, 0.3) is 0 Å². The SMILES string of the molecule is Cc1oncc1C(=O)N[C@@H](Cn1ccnc1)c1ccccc1. The first-order valence-corrected chi connectivity index (χ1v) is 6.97. The number of rotatable bonds is 5. The van der Waals surface area contributed by atoms with Crippen LogP contribution in [0.15, 0.2) is 59.8 Å². The van der Waals surface area contributed by atoms with Crippen LogP contribution >= 0.6 is 0 Å². The third kappa shape index (κ3) is 3.06. The van der Waals surface area contributed by atoms with Crippen LogP contribution in [0.2, 0.25) is 0 Å². The minimum absolute atomic E-state index is 0.169. The summed E-state index contributed by atoms with van der Waals surface area (Å²) < 4.78 is 6.88. The molecular formula is C16H16N4O2. The lowest BCUT2D eigenvalue weighted by atomic mass is 10.1. The minimum atomic E-state index is -0.201. The van der Waals surface area contributed by atoms with E-state index in [9.17, 15) is 4.79 Å². The maximum Gasteiger partial charge on any atom is 0.257 e.